The second kappa shape index (κ2) is 6.73. The summed E-state index contributed by atoms with van der Waals surface area (Å²) in [5, 5.41) is 2.94. The molecule has 0 aromatic heterocycles. The van der Waals surface area contributed by atoms with Crippen molar-refractivity contribution in [2.45, 2.75) is 26.4 Å². The summed E-state index contributed by atoms with van der Waals surface area (Å²) in [7, 11) is 0. The van der Waals surface area contributed by atoms with Crippen LogP contribution in [-0.2, 0) is 11.2 Å². The first kappa shape index (κ1) is 15.4. The molecule has 2 aromatic rings. The van der Waals surface area contributed by atoms with Gasteiger partial charge in [-0.15, -0.1) is 0 Å². The van der Waals surface area contributed by atoms with Gasteiger partial charge in [-0.2, -0.15) is 0 Å². The van der Waals surface area contributed by atoms with Crippen molar-refractivity contribution in [3.8, 4) is 5.75 Å². The Morgan fingerprint density at radius 2 is 1.91 bits per heavy atom. The van der Waals surface area contributed by atoms with Crippen molar-refractivity contribution < 1.29 is 9.53 Å². The monoisotopic (exact) mass is 310 g/mol. The van der Waals surface area contributed by atoms with E-state index in [-0.39, 0.29) is 12.0 Å². The SMILES string of the molecule is CC(C)Oc1ccc(NC(=O)CN2CCc3ccccc32)cc1. The molecule has 0 saturated carbocycles. The number of amides is 1. The highest BCUT2D eigenvalue weighted by Crippen LogP contribution is 2.27. The van der Waals surface area contributed by atoms with Crippen LogP contribution in [-0.4, -0.2) is 25.1 Å². The molecule has 1 N–H and O–H groups in total. The molecular weight excluding hydrogens is 288 g/mol. The molecule has 0 radical (unpaired) electrons. The van der Waals surface area contributed by atoms with E-state index in [4.69, 9.17) is 4.74 Å². The summed E-state index contributed by atoms with van der Waals surface area (Å²) < 4.78 is 5.60. The zero-order valence-electron chi connectivity index (χ0n) is 13.6. The fraction of sp³-hybridized carbons (Fsp3) is 0.316. The van der Waals surface area contributed by atoms with Crippen LogP contribution in [0.5, 0.6) is 5.75 Å². The molecule has 0 unspecified atom stereocenters. The van der Waals surface area contributed by atoms with Crippen LogP contribution in [0.2, 0.25) is 0 Å². The topological polar surface area (TPSA) is 41.6 Å². The maximum atomic E-state index is 12.3. The van der Waals surface area contributed by atoms with Gasteiger partial charge in [0.25, 0.3) is 0 Å². The number of anilines is 2. The number of benzene rings is 2. The fourth-order valence-corrected chi connectivity index (χ4v) is 2.83. The first-order chi connectivity index (χ1) is 11.1. The average Bonchev–Trinajstić information content (AvgIpc) is 2.92. The lowest BCUT2D eigenvalue weighted by Crippen LogP contribution is -2.31. The highest BCUT2D eigenvalue weighted by Gasteiger charge is 2.20. The molecule has 2 aromatic carbocycles. The molecule has 1 heterocycles. The minimum atomic E-state index is -0.000712. The summed E-state index contributed by atoms with van der Waals surface area (Å²) in [5.41, 5.74) is 3.28. The van der Waals surface area contributed by atoms with Gasteiger partial charge in [0.1, 0.15) is 5.75 Å². The molecular formula is C19H22N2O2. The smallest absolute Gasteiger partial charge is 0.243 e. The van der Waals surface area contributed by atoms with Crippen LogP contribution in [0.3, 0.4) is 0 Å². The van der Waals surface area contributed by atoms with E-state index in [1.54, 1.807) is 0 Å². The van der Waals surface area contributed by atoms with Crippen molar-refractivity contribution in [2.75, 3.05) is 23.3 Å². The van der Waals surface area contributed by atoms with Gasteiger partial charge in [0, 0.05) is 17.9 Å². The molecule has 4 heteroatoms. The summed E-state index contributed by atoms with van der Waals surface area (Å²) in [6.07, 6.45) is 1.15. The van der Waals surface area contributed by atoms with Crippen LogP contribution in [0.15, 0.2) is 48.5 Å². The highest BCUT2D eigenvalue weighted by molar-refractivity contribution is 5.94. The molecule has 0 fully saturated rings. The van der Waals surface area contributed by atoms with Gasteiger partial charge < -0.3 is 15.0 Å². The third-order valence-corrected chi connectivity index (χ3v) is 3.83. The highest BCUT2D eigenvalue weighted by atomic mass is 16.5. The van der Waals surface area contributed by atoms with E-state index in [0.717, 1.165) is 24.4 Å². The summed E-state index contributed by atoms with van der Waals surface area (Å²) in [5.74, 6) is 0.811. The minimum Gasteiger partial charge on any atom is -0.491 e. The lowest BCUT2D eigenvalue weighted by Gasteiger charge is -2.18. The molecule has 4 nitrogen and oxygen atoms in total. The maximum absolute atomic E-state index is 12.3. The van der Waals surface area contributed by atoms with Crippen molar-refractivity contribution in [2.24, 2.45) is 0 Å². The first-order valence-electron chi connectivity index (χ1n) is 8.01. The number of fused-ring (bicyclic) bond motifs is 1. The van der Waals surface area contributed by atoms with Gasteiger partial charge in [-0.3, -0.25) is 4.79 Å². The summed E-state index contributed by atoms with van der Waals surface area (Å²) in [4.78, 5) is 14.4. The van der Waals surface area contributed by atoms with Crippen LogP contribution < -0.4 is 15.0 Å². The van der Waals surface area contributed by atoms with Gasteiger partial charge in [-0.25, -0.2) is 0 Å². The van der Waals surface area contributed by atoms with Gasteiger partial charge in [-0.1, -0.05) is 18.2 Å². The van der Waals surface area contributed by atoms with Crippen molar-refractivity contribution in [1.82, 2.24) is 0 Å². The number of ether oxygens (including phenoxy) is 1. The molecule has 0 atom stereocenters. The first-order valence-corrected chi connectivity index (χ1v) is 8.01. The Hall–Kier alpha value is -2.49. The number of para-hydroxylation sites is 1. The number of hydrogen-bond donors (Lipinski definition) is 1. The van der Waals surface area contributed by atoms with Crippen molar-refractivity contribution >= 4 is 17.3 Å². The molecule has 3 rings (SSSR count). The van der Waals surface area contributed by atoms with Crippen molar-refractivity contribution in [1.29, 1.82) is 0 Å². The standard InChI is InChI=1S/C19H22N2O2/c1-14(2)23-17-9-7-16(8-10-17)20-19(22)13-21-12-11-15-5-3-4-6-18(15)21/h3-10,14H,11-13H2,1-2H3,(H,20,22). The lowest BCUT2D eigenvalue weighted by atomic mass is 10.2. The van der Waals surface area contributed by atoms with Gasteiger partial charge in [0.15, 0.2) is 0 Å². The molecule has 1 aliphatic rings. The van der Waals surface area contributed by atoms with E-state index >= 15 is 0 Å². The number of rotatable bonds is 5. The largest absolute Gasteiger partial charge is 0.491 e. The Balaban J connectivity index is 1.58. The van der Waals surface area contributed by atoms with Crippen molar-refractivity contribution in [3.63, 3.8) is 0 Å². The number of hydrogen-bond acceptors (Lipinski definition) is 3. The predicted molar refractivity (Wildman–Crippen MR) is 93.2 cm³/mol. The van der Waals surface area contributed by atoms with E-state index in [1.807, 2.05) is 50.2 Å². The summed E-state index contributed by atoms with van der Waals surface area (Å²) in [6.45, 7) is 5.25. The Kier molecular flexibility index (Phi) is 4.51. The quantitative estimate of drug-likeness (QED) is 0.919. The molecule has 0 spiro atoms. The van der Waals surface area contributed by atoms with Crippen molar-refractivity contribution in [3.05, 3.63) is 54.1 Å². The molecule has 0 bridgehead atoms. The summed E-state index contributed by atoms with van der Waals surface area (Å²) in [6, 6.07) is 15.8. The van der Waals surface area contributed by atoms with Gasteiger partial charge in [0.2, 0.25) is 5.91 Å². The normalized spacial score (nSPS) is 13.1. The van der Waals surface area contributed by atoms with Gasteiger partial charge >= 0.3 is 0 Å². The van der Waals surface area contributed by atoms with E-state index in [0.29, 0.717) is 6.54 Å². The molecule has 0 aliphatic carbocycles. The Labute approximate surface area is 137 Å². The zero-order chi connectivity index (χ0) is 16.2. The maximum Gasteiger partial charge on any atom is 0.243 e. The van der Waals surface area contributed by atoms with Gasteiger partial charge in [-0.05, 0) is 56.2 Å². The van der Waals surface area contributed by atoms with E-state index in [9.17, 15) is 4.79 Å². The van der Waals surface area contributed by atoms with Crippen LogP contribution in [0.4, 0.5) is 11.4 Å². The second-order valence-corrected chi connectivity index (χ2v) is 6.04. The van der Waals surface area contributed by atoms with E-state index in [2.05, 4.69) is 22.3 Å². The lowest BCUT2D eigenvalue weighted by molar-refractivity contribution is -0.115. The van der Waals surface area contributed by atoms with E-state index < -0.39 is 0 Å². The Morgan fingerprint density at radius 1 is 1.17 bits per heavy atom. The van der Waals surface area contributed by atoms with Crippen LogP contribution >= 0.6 is 0 Å². The number of carbonyl (C=O) groups excluding carboxylic acids is 1. The van der Waals surface area contributed by atoms with Crippen LogP contribution in [0.1, 0.15) is 19.4 Å². The average molecular weight is 310 g/mol. The zero-order valence-corrected chi connectivity index (χ0v) is 13.6. The Bertz CT molecular complexity index is 680. The Morgan fingerprint density at radius 3 is 2.65 bits per heavy atom. The van der Waals surface area contributed by atoms with Crippen LogP contribution in [0.25, 0.3) is 0 Å². The number of carbonyl (C=O) groups is 1. The number of nitrogens with one attached hydrogen (secondary N) is 1. The number of nitrogens with zero attached hydrogens (tertiary/aromatic N) is 1. The summed E-state index contributed by atoms with van der Waals surface area (Å²) >= 11 is 0. The molecule has 120 valence electrons. The third kappa shape index (κ3) is 3.83. The van der Waals surface area contributed by atoms with Gasteiger partial charge in [0.05, 0.1) is 12.6 Å². The van der Waals surface area contributed by atoms with E-state index in [1.165, 1.54) is 11.3 Å². The molecule has 1 aliphatic heterocycles. The predicted octanol–water partition coefficient (Wildman–Crippen LogP) is 3.48. The fourth-order valence-electron chi connectivity index (χ4n) is 2.83. The second-order valence-electron chi connectivity index (χ2n) is 6.04. The third-order valence-electron chi connectivity index (χ3n) is 3.83. The molecule has 1 amide bonds. The van der Waals surface area contributed by atoms with Crippen LogP contribution in [0, 0.1) is 0 Å². The minimum absolute atomic E-state index is 0.000712. The molecule has 0 saturated heterocycles. The molecule has 23 heavy (non-hydrogen) atoms.